The van der Waals surface area contributed by atoms with Gasteiger partial charge in [-0.25, -0.2) is 0 Å². The second kappa shape index (κ2) is 8.35. The first-order valence-corrected chi connectivity index (χ1v) is 10.8. The standard InChI is InChI=1S/C24H23N3O3S/c1-14(2)26-23(29)22-18(5-4-12-25-22)19-13-20(28)24(30)27(19)17-9-7-16(8-10-17)21-11-6-15(3)31-21/h4-14,19,28H,1-3H3,(H,26,29). The molecule has 2 aromatic heterocycles. The summed E-state index contributed by atoms with van der Waals surface area (Å²) in [5.41, 5.74) is 2.47. The molecule has 4 rings (SSSR count). The Balaban J connectivity index is 1.71. The molecule has 1 aromatic carbocycles. The molecule has 1 aliphatic heterocycles. The zero-order valence-electron chi connectivity index (χ0n) is 17.5. The number of pyridine rings is 1. The van der Waals surface area contributed by atoms with Gasteiger partial charge in [0.15, 0.2) is 5.76 Å². The summed E-state index contributed by atoms with van der Waals surface area (Å²) in [6.45, 7) is 5.80. The summed E-state index contributed by atoms with van der Waals surface area (Å²) < 4.78 is 0. The fourth-order valence-corrected chi connectivity index (χ4v) is 4.48. The predicted molar refractivity (Wildman–Crippen MR) is 122 cm³/mol. The van der Waals surface area contributed by atoms with Crippen LogP contribution in [0.5, 0.6) is 0 Å². The van der Waals surface area contributed by atoms with E-state index in [2.05, 4.69) is 29.4 Å². The van der Waals surface area contributed by atoms with Crippen molar-refractivity contribution in [1.29, 1.82) is 0 Å². The average Bonchev–Trinajstić information content (AvgIpc) is 3.31. The van der Waals surface area contributed by atoms with E-state index in [-0.39, 0.29) is 23.4 Å². The van der Waals surface area contributed by atoms with Crippen LogP contribution in [0.3, 0.4) is 0 Å². The number of anilines is 1. The highest BCUT2D eigenvalue weighted by Gasteiger charge is 2.36. The molecule has 0 saturated carbocycles. The van der Waals surface area contributed by atoms with Gasteiger partial charge in [0.05, 0.1) is 6.04 Å². The van der Waals surface area contributed by atoms with Crippen LogP contribution in [0, 0.1) is 6.92 Å². The third-order valence-corrected chi connectivity index (χ3v) is 6.04. The molecule has 3 heterocycles. The smallest absolute Gasteiger partial charge is 0.293 e. The fourth-order valence-electron chi connectivity index (χ4n) is 3.60. The number of aliphatic hydroxyl groups is 1. The average molecular weight is 434 g/mol. The van der Waals surface area contributed by atoms with Crippen molar-refractivity contribution in [3.63, 3.8) is 0 Å². The molecule has 3 aromatic rings. The van der Waals surface area contributed by atoms with E-state index < -0.39 is 11.9 Å². The van der Waals surface area contributed by atoms with Gasteiger partial charge in [-0.2, -0.15) is 0 Å². The van der Waals surface area contributed by atoms with Crippen LogP contribution in [0.15, 0.2) is 66.6 Å². The quantitative estimate of drug-likeness (QED) is 0.606. The van der Waals surface area contributed by atoms with E-state index in [1.165, 1.54) is 15.9 Å². The molecular weight excluding hydrogens is 410 g/mol. The van der Waals surface area contributed by atoms with Gasteiger partial charge in [0.2, 0.25) is 0 Å². The zero-order valence-corrected chi connectivity index (χ0v) is 18.3. The minimum Gasteiger partial charge on any atom is -0.503 e. The molecule has 2 amide bonds. The van der Waals surface area contributed by atoms with E-state index in [0.717, 1.165) is 10.4 Å². The highest BCUT2D eigenvalue weighted by molar-refractivity contribution is 7.15. The molecule has 7 heteroatoms. The van der Waals surface area contributed by atoms with E-state index in [1.54, 1.807) is 29.7 Å². The first-order valence-electron chi connectivity index (χ1n) is 10.0. The van der Waals surface area contributed by atoms with Gasteiger partial charge >= 0.3 is 0 Å². The number of aryl methyl sites for hydroxylation is 1. The molecule has 1 unspecified atom stereocenters. The number of amides is 2. The summed E-state index contributed by atoms with van der Waals surface area (Å²) in [7, 11) is 0. The highest BCUT2D eigenvalue weighted by Crippen LogP contribution is 2.37. The Morgan fingerprint density at radius 1 is 1.16 bits per heavy atom. The van der Waals surface area contributed by atoms with Crippen molar-refractivity contribution in [2.24, 2.45) is 0 Å². The number of thiophene rings is 1. The number of benzene rings is 1. The van der Waals surface area contributed by atoms with Crippen molar-refractivity contribution in [3.05, 3.63) is 82.7 Å². The second-order valence-electron chi connectivity index (χ2n) is 7.70. The maximum absolute atomic E-state index is 12.8. The van der Waals surface area contributed by atoms with E-state index in [4.69, 9.17) is 0 Å². The fraction of sp³-hybridized carbons (Fsp3) is 0.208. The van der Waals surface area contributed by atoms with Crippen molar-refractivity contribution in [2.45, 2.75) is 32.9 Å². The van der Waals surface area contributed by atoms with E-state index in [9.17, 15) is 14.7 Å². The largest absolute Gasteiger partial charge is 0.503 e. The molecule has 1 aliphatic rings. The minimum atomic E-state index is -0.635. The maximum atomic E-state index is 12.8. The molecule has 6 nitrogen and oxygen atoms in total. The highest BCUT2D eigenvalue weighted by atomic mass is 32.1. The summed E-state index contributed by atoms with van der Waals surface area (Å²) in [5, 5.41) is 13.1. The van der Waals surface area contributed by atoms with E-state index in [1.807, 2.05) is 38.1 Å². The van der Waals surface area contributed by atoms with Crippen LogP contribution < -0.4 is 10.2 Å². The van der Waals surface area contributed by atoms with Gasteiger partial charge in [-0.1, -0.05) is 18.2 Å². The van der Waals surface area contributed by atoms with Crippen LogP contribution in [0.4, 0.5) is 5.69 Å². The van der Waals surface area contributed by atoms with Gasteiger partial charge in [0.25, 0.3) is 11.8 Å². The number of carbonyl (C=O) groups is 2. The van der Waals surface area contributed by atoms with Crippen molar-refractivity contribution in [3.8, 4) is 10.4 Å². The third-order valence-electron chi connectivity index (χ3n) is 4.99. The molecule has 158 valence electrons. The van der Waals surface area contributed by atoms with Crippen molar-refractivity contribution >= 4 is 28.8 Å². The van der Waals surface area contributed by atoms with Gasteiger partial charge in [-0.05, 0) is 62.7 Å². The number of aromatic nitrogens is 1. The van der Waals surface area contributed by atoms with Gasteiger partial charge < -0.3 is 10.4 Å². The lowest BCUT2D eigenvalue weighted by Crippen LogP contribution is -2.34. The number of rotatable bonds is 5. The molecular formula is C24H23N3O3S. The van der Waals surface area contributed by atoms with E-state index in [0.29, 0.717) is 11.3 Å². The number of aliphatic hydroxyl groups excluding tert-OH is 1. The number of carbonyl (C=O) groups excluding carboxylic acids is 2. The number of hydrogen-bond donors (Lipinski definition) is 2. The number of nitrogens with zero attached hydrogens (tertiary/aromatic N) is 2. The molecule has 0 spiro atoms. The molecule has 1 atom stereocenters. The normalized spacial score (nSPS) is 16.0. The number of nitrogens with one attached hydrogen (secondary N) is 1. The minimum absolute atomic E-state index is 0.0546. The lowest BCUT2D eigenvalue weighted by molar-refractivity contribution is -0.117. The lowest BCUT2D eigenvalue weighted by Gasteiger charge is -2.26. The zero-order chi connectivity index (χ0) is 22.1. The second-order valence-corrected chi connectivity index (χ2v) is 8.99. The Bertz CT molecular complexity index is 1160. The van der Waals surface area contributed by atoms with Crippen LogP contribution in [-0.4, -0.2) is 27.9 Å². The molecule has 0 radical (unpaired) electrons. The van der Waals surface area contributed by atoms with Crippen LogP contribution in [0.25, 0.3) is 10.4 Å². The predicted octanol–water partition coefficient (Wildman–Crippen LogP) is 4.79. The van der Waals surface area contributed by atoms with Gasteiger partial charge in [-0.3, -0.25) is 19.5 Å². The molecule has 31 heavy (non-hydrogen) atoms. The summed E-state index contributed by atoms with van der Waals surface area (Å²) >= 11 is 1.70. The Morgan fingerprint density at radius 3 is 2.55 bits per heavy atom. The van der Waals surface area contributed by atoms with Crippen LogP contribution in [-0.2, 0) is 4.79 Å². The SMILES string of the molecule is Cc1ccc(-c2ccc(N3C(=O)C(O)=CC3c3cccnc3C(=O)NC(C)C)cc2)s1. The molecule has 0 aliphatic carbocycles. The monoisotopic (exact) mass is 433 g/mol. The van der Waals surface area contributed by atoms with Crippen LogP contribution in [0.1, 0.15) is 40.8 Å². The topological polar surface area (TPSA) is 82.5 Å². The van der Waals surface area contributed by atoms with Crippen molar-refractivity contribution < 1.29 is 14.7 Å². The Hall–Kier alpha value is -3.45. The van der Waals surface area contributed by atoms with Crippen LogP contribution in [0.2, 0.25) is 0 Å². The molecule has 0 fully saturated rings. The molecule has 0 saturated heterocycles. The van der Waals surface area contributed by atoms with Crippen molar-refractivity contribution in [2.75, 3.05) is 4.90 Å². The summed E-state index contributed by atoms with van der Waals surface area (Å²) in [6, 6.07) is 14.5. The summed E-state index contributed by atoms with van der Waals surface area (Å²) in [4.78, 5) is 33.6. The Kier molecular flexibility index (Phi) is 5.61. The molecule has 2 N–H and O–H groups in total. The lowest BCUT2D eigenvalue weighted by atomic mass is 10.0. The van der Waals surface area contributed by atoms with Gasteiger partial charge in [-0.15, -0.1) is 11.3 Å². The first-order chi connectivity index (χ1) is 14.8. The first kappa shape index (κ1) is 20.8. The molecule has 0 bridgehead atoms. The number of hydrogen-bond acceptors (Lipinski definition) is 5. The Morgan fingerprint density at radius 2 is 1.90 bits per heavy atom. The van der Waals surface area contributed by atoms with E-state index >= 15 is 0 Å². The maximum Gasteiger partial charge on any atom is 0.293 e. The van der Waals surface area contributed by atoms with Crippen molar-refractivity contribution in [1.82, 2.24) is 10.3 Å². The third kappa shape index (κ3) is 4.09. The summed E-state index contributed by atoms with van der Waals surface area (Å²) in [5.74, 6) is -1.17. The summed E-state index contributed by atoms with van der Waals surface area (Å²) in [6.07, 6.45) is 3.00. The van der Waals surface area contributed by atoms with Crippen LogP contribution >= 0.6 is 11.3 Å². The van der Waals surface area contributed by atoms with Gasteiger partial charge in [0.1, 0.15) is 5.69 Å². The van der Waals surface area contributed by atoms with Gasteiger partial charge in [0, 0.05) is 33.2 Å². The Labute approximate surface area is 184 Å².